The highest BCUT2D eigenvalue weighted by atomic mass is 19.4. The van der Waals surface area contributed by atoms with Crippen molar-refractivity contribution in [3.05, 3.63) is 53.1 Å². The van der Waals surface area contributed by atoms with Gasteiger partial charge in [-0.05, 0) is 42.0 Å². The van der Waals surface area contributed by atoms with Gasteiger partial charge < -0.3 is 14.2 Å². The molecule has 10 heteroatoms. The van der Waals surface area contributed by atoms with Crippen molar-refractivity contribution in [3.8, 4) is 17.2 Å². The van der Waals surface area contributed by atoms with Gasteiger partial charge in [0.2, 0.25) is 5.75 Å². The van der Waals surface area contributed by atoms with Gasteiger partial charge in [-0.15, -0.1) is 0 Å². The van der Waals surface area contributed by atoms with Crippen LogP contribution in [-0.2, 0) is 15.8 Å². The Morgan fingerprint density at radius 3 is 2.13 bits per heavy atom. The number of hydrogen-bond acceptors (Lipinski definition) is 5. The minimum absolute atomic E-state index is 0.114. The molecule has 0 radical (unpaired) electrons. The first-order chi connectivity index (χ1) is 14.2. The van der Waals surface area contributed by atoms with E-state index >= 15 is 0 Å². The van der Waals surface area contributed by atoms with E-state index in [0.29, 0.717) is 22.8 Å². The number of alkyl halides is 3. The van der Waals surface area contributed by atoms with Crippen LogP contribution in [0.1, 0.15) is 11.1 Å². The SMILES string of the molecule is COc1cc(C=C2C(=O)NN(c3cccc(C(F)(F)F)c3)C2=O)cc(OC)c1OC. The number of nitrogens with one attached hydrogen (secondary N) is 1. The Balaban J connectivity index is 1.99. The van der Waals surface area contributed by atoms with Gasteiger partial charge in [-0.2, -0.15) is 13.2 Å². The van der Waals surface area contributed by atoms with Crippen LogP contribution in [0, 0.1) is 0 Å². The molecule has 0 atom stereocenters. The lowest BCUT2D eigenvalue weighted by Gasteiger charge is -2.16. The third-order valence-electron chi connectivity index (χ3n) is 4.32. The molecule has 30 heavy (non-hydrogen) atoms. The Labute approximate surface area is 169 Å². The standard InChI is InChI=1S/C20H17F3N2O5/c1-28-15-8-11(9-16(29-2)17(15)30-3)7-14-18(26)24-25(19(14)27)13-6-4-5-12(10-13)20(21,22)23/h4-10H,1-3H3,(H,24,26). The molecule has 1 aliphatic heterocycles. The van der Waals surface area contributed by atoms with Gasteiger partial charge in [0.1, 0.15) is 5.57 Å². The second kappa shape index (κ2) is 7.97. The summed E-state index contributed by atoms with van der Waals surface area (Å²) < 4.78 is 54.6. The zero-order valence-electron chi connectivity index (χ0n) is 16.2. The molecule has 2 aromatic rings. The fourth-order valence-corrected chi connectivity index (χ4v) is 2.91. The zero-order chi connectivity index (χ0) is 22.1. The van der Waals surface area contributed by atoms with Gasteiger partial charge in [0.25, 0.3) is 11.8 Å². The van der Waals surface area contributed by atoms with Crippen LogP contribution in [0.4, 0.5) is 18.9 Å². The van der Waals surface area contributed by atoms with Gasteiger partial charge in [-0.1, -0.05) is 6.07 Å². The van der Waals surface area contributed by atoms with E-state index in [2.05, 4.69) is 5.43 Å². The summed E-state index contributed by atoms with van der Waals surface area (Å²) in [6.45, 7) is 0. The van der Waals surface area contributed by atoms with E-state index in [0.717, 1.165) is 23.2 Å². The van der Waals surface area contributed by atoms with Crippen LogP contribution in [0.5, 0.6) is 17.2 Å². The first kappa shape index (κ1) is 21.0. The lowest BCUT2D eigenvalue weighted by molar-refractivity contribution is -0.137. The second-order valence-corrected chi connectivity index (χ2v) is 6.15. The molecule has 0 bridgehead atoms. The number of rotatable bonds is 5. The minimum atomic E-state index is -4.59. The van der Waals surface area contributed by atoms with E-state index < -0.39 is 23.6 Å². The molecule has 3 rings (SSSR count). The lowest BCUT2D eigenvalue weighted by Crippen LogP contribution is -2.35. The fourth-order valence-electron chi connectivity index (χ4n) is 2.91. The number of halogens is 3. The van der Waals surface area contributed by atoms with E-state index in [-0.39, 0.29) is 11.3 Å². The third-order valence-corrected chi connectivity index (χ3v) is 4.32. The Morgan fingerprint density at radius 2 is 1.60 bits per heavy atom. The van der Waals surface area contributed by atoms with Crippen LogP contribution >= 0.6 is 0 Å². The van der Waals surface area contributed by atoms with Crippen molar-refractivity contribution < 1.29 is 37.0 Å². The molecular formula is C20H17F3N2O5. The van der Waals surface area contributed by atoms with Gasteiger partial charge in [-0.3, -0.25) is 15.0 Å². The number of carbonyl (C=O) groups is 2. The van der Waals surface area contributed by atoms with Crippen LogP contribution in [-0.4, -0.2) is 33.1 Å². The van der Waals surface area contributed by atoms with Gasteiger partial charge >= 0.3 is 6.18 Å². The van der Waals surface area contributed by atoms with Crippen molar-refractivity contribution in [1.82, 2.24) is 5.43 Å². The number of amides is 2. The average Bonchev–Trinajstić information content (AvgIpc) is 3.00. The highest BCUT2D eigenvalue weighted by Gasteiger charge is 2.36. The van der Waals surface area contributed by atoms with Gasteiger partial charge in [0.05, 0.1) is 32.6 Å². The van der Waals surface area contributed by atoms with Crippen molar-refractivity contribution in [2.45, 2.75) is 6.18 Å². The Hall–Kier alpha value is -3.69. The number of ether oxygens (including phenoxy) is 3. The molecule has 2 amide bonds. The molecule has 1 heterocycles. The third kappa shape index (κ3) is 3.88. The molecular weight excluding hydrogens is 405 g/mol. The fraction of sp³-hybridized carbons (Fsp3) is 0.200. The van der Waals surface area contributed by atoms with E-state index in [9.17, 15) is 22.8 Å². The summed E-state index contributed by atoms with van der Waals surface area (Å²) in [5, 5.41) is 0.765. The highest BCUT2D eigenvalue weighted by Crippen LogP contribution is 2.39. The predicted octanol–water partition coefficient (Wildman–Crippen LogP) is 3.19. The molecule has 1 saturated heterocycles. The van der Waals surface area contributed by atoms with Gasteiger partial charge in [0, 0.05) is 0 Å². The molecule has 0 aromatic heterocycles. The monoisotopic (exact) mass is 422 g/mol. The van der Waals surface area contributed by atoms with Crippen LogP contribution in [0.3, 0.4) is 0 Å². The number of methoxy groups -OCH3 is 3. The minimum Gasteiger partial charge on any atom is -0.493 e. The second-order valence-electron chi connectivity index (χ2n) is 6.15. The maximum Gasteiger partial charge on any atom is 0.416 e. The normalized spacial score (nSPS) is 15.4. The summed E-state index contributed by atoms with van der Waals surface area (Å²) >= 11 is 0. The number of hydrogen-bond donors (Lipinski definition) is 1. The topological polar surface area (TPSA) is 77.1 Å². The summed E-state index contributed by atoms with van der Waals surface area (Å²) in [4.78, 5) is 25.1. The Morgan fingerprint density at radius 1 is 0.967 bits per heavy atom. The highest BCUT2D eigenvalue weighted by molar-refractivity contribution is 6.31. The molecule has 0 unspecified atom stereocenters. The Bertz CT molecular complexity index is 1010. The van der Waals surface area contributed by atoms with E-state index in [1.807, 2.05) is 0 Å². The summed E-state index contributed by atoms with van der Waals surface area (Å²) in [7, 11) is 4.26. The van der Waals surface area contributed by atoms with Crippen molar-refractivity contribution in [1.29, 1.82) is 0 Å². The quantitative estimate of drug-likeness (QED) is 0.592. The molecule has 2 aromatic carbocycles. The number of hydrazine groups is 1. The Kier molecular flexibility index (Phi) is 5.59. The lowest BCUT2D eigenvalue weighted by atomic mass is 10.1. The first-order valence-corrected chi connectivity index (χ1v) is 8.54. The maximum atomic E-state index is 13.0. The number of carbonyl (C=O) groups excluding carboxylic acids is 2. The average molecular weight is 422 g/mol. The largest absolute Gasteiger partial charge is 0.493 e. The van der Waals surface area contributed by atoms with E-state index in [4.69, 9.17) is 14.2 Å². The van der Waals surface area contributed by atoms with Gasteiger partial charge in [0.15, 0.2) is 11.5 Å². The molecule has 0 saturated carbocycles. The number of benzene rings is 2. The van der Waals surface area contributed by atoms with Crippen molar-refractivity contribution >= 4 is 23.6 Å². The molecule has 158 valence electrons. The summed E-state index contributed by atoms with van der Waals surface area (Å²) in [5.41, 5.74) is 1.35. The number of anilines is 1. The molecule has 0 aliphatic carbocycles. The summed E-state index contributed by atoms with van der Waals surface area (Å²) in [5.74, 6) is -0.609. The van der Waals surface area contributed by atoms with Crippen LogP contribution in [0.15, 0.2) is 42.0 Å². The maximum absolute atomic E-state index is 13.0. The first-order valence-electron chi connectivity index (χ1n) is 8.54. The summed E-state index contributed by atoms with van der Waals surface area (Å²) in [6, 6.07) is 7.15. The van der Waals surface area contributed by atoms with Crippen molar-refractivity contribution in [3.63, 3.8) is 0 Å². The number of nitrogens with zero attached hydrogens (tertiary/aromatic N) is 1. The smallest absolute Gasteiger partial charge is 0.416 e. The van der Waals surface area contributed by atoms with Crippen molar-refractivity contribution in [2.24, 2.45) is 0 Å². The van der Waals surface area contributed by atoms with Crippen molar-refractivity contribution in [2.75, 3.05) is 26.3 Å². The molecule has 1 N–H and O–H groups in total. The molecule has 0 spiro atoms. The zero-order valence-corrected chi connectivity index (χ0v) is 16.2. The van der Waals surface area contributed by atoms with Crippen LogP contribution in [0.2, 0.25) is 0 Å². The van der Waals surface area contributed by atoms with Crippen LogP contribution < -0.4 is 24.6 Å². The van der Waals surface area contributed by atoms with Crippen LogP contribution in [0.25, 0.3) is 6.08 Å². The summed E-state index contributed by atoms with van der Waals surface area (Å²) in [6.07, 6.45) is -3.30. The van der Waals surface area contributed by atoms with E-state index in [1.54, 1.807) is 0 Å². The predicted molar refractivity (Wildman–Crippen MR) is 101 cm³/mol. The van der Waals surface area contributed by atoms with Gasteiger partial charge in [-0.25, -0.2) is 5.01 Å². The molecule has 7 nitrogen and oxygen atoms in total. The molecule has 1 fully saturated rings. The van der Waals surface area contributed by atoms with E-state index in [1.165, 1.54) is 45.6 Å². The molecule has 1 aliphatic rings.